The molecular formula is C51H49FN10O6. The van der Waals surface area contributed by atoms with Gasteiger partial charge >= 0.3 is 5.69 Å². The number of amides is 5. The van der Waals surface area contributed by atoms with Crippen LogP contribution in [0.4, 0.5) is 21.5 Å². The minimum absolute atomic E-state index is 0.0349. The third-order valence-electron chi connectivity index (χ3n) is 13.5. The molecule has 5 heterocycles. The lowest BCUT2D eigenvalue weighted by Gasteiger charge is -2.36. The zero-order valence-electron chi connectivity index (χ0n) is 37.8. The van der Waals surface area contributed by atoms with E-state index < -0.39 is 23.7 Å². The number of carbonyl (C=O) groups excluding carboxylic acids is 5. The van der Waals surface area contributed by atoms with Crippen LogP contribution in [-0.2, 0) is 35.0 Å². The van der Waals surface area contributed by atoms with Crippen molar-refractivity contribution < 1.29 is 28.4 Å². The van der Waals surface area contributed by atoms with E-state index in [0.29, 0.717) is 47.4 Å². The van der Waals surface area contributed by atoms with Gasteiger partial charge < -0.3 is 20.4 Å². The highest BCUT2D eigenvalue weighted by Crippen LogP contribution is 2.40. The van der Waals surface area contributed by atoms with Crippen LogP contribution < -0.4 is 31.4 Å². The maximum absolute atomic E-state index is 17.2. The van der Waals surface area contributed by atoms with Crippen molar-refractivity contribution in [1.82, 2.24) is 34.4 Å². The van der Waals surface area contributed by atoms with Gasteiger partial charge in [0.15, 0.2) is 5.69 Å². The third kappa shape index (κ3) is 7.97. The van der Waals surface area contributed by atoms with Crippen LogP contribution in [0.2, 0.25) is 0 Å². The molecule has 5 amide bonds. The normalized spacial score (nSPS) is 16.8. The van der Waals surface area contributed by atoms with Crippen LogP contribution in [0.25, 0.3) is 44.2 Å². The Labute approximate surface area is 389 Å². The number of hydrogen-bond donors (Lipinski definition) is 3. The molecule has 3 aliphatic heterocycles. The number of carbonyl (C=O) groups is 5. The molecule has 3 fully saturated rings. The van der Waals surface area contributed by atoms with E-state index in [2.05, 4.69) is 43.0 Å². The molecule has 1 unspecified atom stereocenters. The van der Waals surface area contributed by atoms with Crippen LogP contribution in [0.5, 0.6) is 0 Å². The second kappa shape index (κ2) is 17.7. The molecule has 0 bridgehead atoms. The number of nitrogens with zero attached hydrogens (tertiary/aromatic N) is 7. The van der Waals surface area contributed by atoms with Gasteiger partial charge in [-0.3, -0.25) is 48.0 Å². The number of anilines is 3. The van der Waals surface area contributed by atoms with E-state index in [4.69, 9.17) is 0 Å². The first-order chi connectivity index (χ1) is 32.9. The molecule has 0 spiro atoms. The van der Waals surface area contributed by atoms with Gasteiger partial charge in [-0.05, 0) is 102 Å². The van der Waals surface area contributed by atoms with E-state index in [9.17, 15) is 28.8 Å². The van der Waals surface area contributed by atoms with Crippen molar-refractivity contribution in [2.75, 3.05) is 54.9 Å². The van der Waals surface area contributed by atoms with Gasteiger partial charge in [-0.25, -0.2) is 9.18 Å². The number of rotatable bonds is 10. The van der Waals surface area contributed by atoms with Crippen LogP contribution in [0.3, 0.4) is 0 Å². The average molecular weight is 917 g/mol. The fraction of sp³-hybridized carbons (Fsp3) is 0.275. The minimum atomic E-state index is -0.736. The van der Waals surface area contributed by atoms with Gasteiger partial charge in [0, 0.05) is 101 Å². The lowest BCUT2D eigenvalue weighted by molar-refractivity contribution is -0.135. The molecule has 2 aromatic heterocycles. The van der Waals surface area contributed by atoms with Crippen LogP contribution in [0, 0.1) is 5.82 Å². The number of aryl methyl sites for hydroxylation is 2. The quantitative estimate of drug-likeness (QED) is 0.145. The number of imide groups is 1. The third-order valence-corrected chi connectivity index (χ3v) is 13.5. The lowest BCUT2D eigenvalue weighted by atomic mass is 9.92. The molecule has 3 N–H and O–H groups in total. The molecule has 3 saturated heterocycles. The number of piperazine rings is 1. The van der Waals surface area contributed by atoms with Gasteiger partial charge in [-0.1, -0.05) is 30.3 Å². The summed E-state index contributed by atoms with van der Waals surface area (Å²) in [4.78, 5) is 83.2. The molecule has 3 aliphatic rings. The predicted octanol–water partition coefficient (Wildman–Crippen LogP) is 5.74. The summed E-state index contributed by atoms with van der Waals surface area (Å²) < 4.78 is 21.7. The molecule has 68 heavy (non-hydrogen) atoms. The second-order valence-electron chi connectivity index (χ2n) is 17.6. The highest BCUT2D eigenvalue weighted by molar-refractivity contribution is 6.12. The first-order valence-electron chi connectivity index (χ1n) is 22.7. The number of imidazole rings is 1. The Morgan fingerprint density at radius 1 is 0.765 bits per heavy atom. The zero-order valence-corrected chi connectivity index (χ0v) is 37.8. The SMILES string of the molecule is CNC(=O)c1cccc(NC(=O)c2nn(C)c3ccc(-c4ccc(N5CCCC5=O)cc4-c4ccc(N5CCN(Cc6ccc7c(c6)n(C)c(=O)n7C6CCC(=O)NC6=O)CC5)cc4)c(F)c23)c1. The zero-order chi connectivity index (χ0) is 47.4. The monoisotopic (exact) mass is 916 g/mol. The molecule has 0 radical (unpaired) electrons. The Hall–Kier alpha value is -7.92. The molecule has 10 rings (SSSR count). The molecule has 7 aromatic rings. The fourth-order valence-corrected chi connectivity index (χ4v) is 9.86. The van der Waals surface area contributed by atoms with Crippen molar-refractivity contribution in [2.24, 2.45) is 14.1 Å². The van der Waals surface area contributed by atoms with Gasteiger partial charge in [0.25, 0.3) is 11.8 Å². The molecule has 346 valence electrons. The van der Waals surface area contributed by atoms with Gasteiger partial charge in [0.05, 0.1) is 21.9 Å². The highest BCUT2D eigenvalue weighted by atomic mass is 19.1. The molecule has 0 aliphatic carbocycles. The van der Waals surface area contributed by atoms with E-state index in [0.717, 1.165) is 66.2 Å². The van der Waals surface area contributed by atoms with E-state index in [1.54, 1.807) is 53.9 Å². The van der Waals surface area contributed by atoms with Crippen LogP contribution in [0.15, 0.2) is 102 Å². The Bertz CT molecular complexity index is 3270. The average Bonchev–Trinajstić information content (AvgIpc) is 4.01. The lowest BCUT2D eigenvalue weighted by Crippen LogP contribution is -2.45. The molecular weight excluding hydrogens is 868 g/mol. The Morgan fingerprint density at radius 3 is 2.25 bits per heavy atom. The van der Waals surface area contributed by atoms with Crippen molar-refractivity contribution in [1.29, 1.82) is 0 Å². The number of piperidine rings is 1. The number of hydrogen-bond acceptors (Lipinski definition) is 9. The molecule has 1 atom stereocenters. The van der Waals surface area contributed by atoms with Gasteiger partial charge in [-0.15, -0.1) is 0 Å². The standard InChI is InChI=1S/C51H49FN10O6/c1-53-48(65)32-6-4-7-33(27-32)54-50(67)47-45-40(58(3)56-47)18-16-37(46(45)52)36-15-14-35(61-21-5-8-44(61)64)28-38(36)31-10-12-34(13-11-31)60-24-22-59(23-25-60)29-30-9-17-39-42(26-30)57(2)51(68)62(39)41-19-20-43(63)55-49(41)66/h4,6-7,9-18,26-28,41H,5,8,19-25,29H2,1-3H3,(H,53,65)(H,54,67)(H,55,63,66). The maximum Gasteiger partial charge on any atom is 0.329 e. The van der Waals surface area contributed by atoms with Crippen molar-refractivity contribution in [3.8, 4) is 22.3 Å². The highest BCUT2D eigenvalue weighted by Gasteiger charge is 2.32. The maximum atomic E-state index is 17.2. The first kappa shape index (κ1) is 43.9. The van der Waals surface area contributed by atoms with Crippen LogP contribution >= 0.6 is 0 Å². The van der Waals surface area contributed by atoms with Gasteiger partial charge in [0.1, 0.15) is 11.9 Å². The molecule has 17 heteroatoms. The summed E-state index contributed by atoms with van der Waals surface area (Å²) in [5.74, 6) is -2.31. The second-order valence-corrected chi connectivity index (χ2v) is 17.6. The summed E-state index contributed by atoms with van der Waals surface area (Å²) in [6.45, 7) is 4.41. The van der Waals surface area contributed by atoms with Crippen molar-refractivity contribution in [3.05, 3.63) is 130 Å². The summed E-state index contributed by atoms with van der Waals surface area (Å²) in [5, 5.41) is 12.2. The Morgan fingerprint density at radius 2 is 1.51 bits per heavy atom. The summed E-state index contributed by atoms with van der Waals surface area (Å²) in [6.07, 6.45) is 1.68. The predicted molar refractivity (Wildman–Crippen MR) is 257 cm³/mol. The fourth-order valence-electron chi connectivity index (χ4n) is 9.86. The largest absolute Gasteiger partial charge is 0.369 e. The Kier molecular flexibility index (Phi) is 11.4. The number of benzene rings is 5. The van der Waals surface area contributed by atoms with Gasteiger partial charge in [0.2, 0.25) is 17.7 Å². The molecule has 0 saturated carbocycles. The van der Waals surface area contributed by atoms with Gasteiger partial charge in [-0.2, -0.15) is 5.10 Å². The number of halogens is 1. The van der Waals surface area contributed by atoms with E-state index in [1.165, 1.54) is 22.4 Å². The Balaban J connectivity index is 0.892. The number of nitrogens with one attached hydrogen (secondary N) is 3. The molecule has 5 aromatic carbocycles. The van der Waals surface area contributed by atoms with Crippen molar-refractivity contribution in [2.45, 2.75) is 38.3 Å². The van der Waals surface area contributed by atoms with E-state index in [1.807, 2.05) is 48.5 Å². The first-order valence-corrected chi connectivity index (χ1v) is 22.7. The summed E-state index contributed by atoms with van der Waals surface area (Å²) in [6, 6.07) is 28.8. The van der Waals surface area contributed by atoms with Crippen LogP contribution in [-0.4, -0.2) is 93.1 Å². The summed E-state index contributed by atoms with van der Waals surface area (Å²) in [7, 11) is 4.87. The van der Waals surface area contributed by atoms with E-state index >= 15 is 4.39 Å². The minimum Gasteiger partial charge on any atom is -0.369 e. The van der Waals surface area contributed by atoms with Crippen molar-refractivity contribution in [3.63, 3.8) is 0 Å². The molecule has 16 nitrogen and oxygen atoms in total. The summed E-state index contributed by atoms with van der Waals surface area (Å²) in [5.41, 5.74) is 7.33. The van der Waals surface area contributed by atoms with Crippen molar-refractivity contribution >= 4 is 68.5 Å². The smallest absolute Gasteiger partial charge is 0.329 e. The topological polar surface area (TPSA) is 176 Å². The number of fused-ring (bicyclic) bond motifs is 2. The number of aromatic nitrogens is 4. The van der Waals surface area contributed by atoms with E-state index in [-0.39, 0.29) is 52.9 Å². The summed E-state index contributed by atoms with van der Waals surface area (Å²) >= 11 is 0. The van der Waals surface area contributed by atoms with Crippen LogP contribution in [0.1, 0.15) is 58.1 Å².